The van der Waals surface area contributed by atoms with Crippen LogP contribution in [0.15, 0.2) is 42.5 Å². The van der Waals surface area contributed by atoms with Gasteiger partial charge in [-0.25, -0.2) is 8.42 Å². The van der Waals surface area contributed by atoms with Gasteiger partial charge in [-0.15, -0.1) is 0 Å². The Morgan fingerprint density at radius 1 is 1.04 bits per heavy atom. The molecule has 2 aromatic carbocycles. The molecular formula is C17H20N2O3S. The highest BCUT2D eigenvalue weighted by molar-refractivity contribution is 7.92. The van der Waals surface area contributed by atoms with Crippen LogP contribution in [0.25, 0.3) is 0 Å². The first-order chi connectivity index (χ1) is 10.7. The molecule has 2 rings (SSSR count). The van der Waals surface area contributed by atoms with Gasteiger partial charge < -0.3 is 5.32 Å². The molecule has 0 fully saturated rings. The van der Waals surface area contributed by atoms with E-state index in [1.165, 1.54) is 7.05 Å². The lowest BCUT2D eigenvalue weighted by Crippen LogP contribution is -2.26. The maximum absolute atomic E-state index is 12.4. The van der Waals surface area contributed by atoms with Crippen molar-refractivity contribution < 1.29 is 13.2 Å². The van der Waals surface area contributed by atoms with E-state index in [0.717, 1.165) is 21.7 Å². The number of para-hydroxylation sites is 2. The van der Waals surface area contributed by atoms with Gasteiger partial charge in [0.05, 0.1) is 17.6 Å². The lowest BCUT2D eigenvalue weighted by atomic mass is 10.1. The molecule has 1 N–H and O–H groups in total. The molecular weight excluding hydrogens is 312 g/mol. The van der Waals surface area contributed by atoms with Crippen molar-refractivity contribution >= 4 is 27.3 Å². The van der Waals surface area contributed by atoms with E-state index in [-0.39, 0.29) is 5.91 Å². The van der Waals surface area contributed by atoms with Gasteiger partial charge in [0.2, 0.25) is 10.0 Å². The SMILES string of the molecule is Cc1ccc(C(=O)Nc2ccccc2N(C)S(C)(=O)=O)cc1C. The second-order valence-electron chi connectivity index (χ2n) is 5.50. The van der Waals surface area contributed by atoms with Crippen molar-refractivity contribution in [2.24, 2.45) is 0 Å². The summed E-state index contributed by atoms with van der Waals surface area (Å²) in [6.07, 6.45) is 1.12. The number of nitrogens with one attached hydrogen (secondary N) is 1. The summed E-state index contributed by atoms with van der Waals surface area (Å²) in [4.78, 5) is 12.4. The zero-order valence-corrected chi connectivity index (χ0v) is 14.4. The zero-order chi connectivity index (χ0) is 17.2. The molecule has 0 aliphatic rings. The van der Waals surface area contributed by atoms with Crippen molar-refractivity contribution in [2.75, 3.05) is 22.9 Å². The van der Waals surface area contributed by atoms with E-state index >= 15 is 0 Å². The number of sulfonamides is 1. The maximum atomic E-state index is 12.4. The van der Waals surface area contributed by atoms with Gasteiger partial charge in [-0.3, -0.25) is 9.10 Å². The summed E-state index contributed by atoms with van der Waals surface area (Å²) in [5, 5.41) is 2.78. The van der Waals surface area contributed by atoms with Gasteiger partial charge in [-0.05, 0) is 49.2 Å². The number of carbonyl (C=O) groups is 1. The van der Waals surface area contributed by atoms with Gasteiger partial charge in [0.25, 0.3) is 5.91 Å². The maximum Gasteiger partial charge on any atom is 0.255 e. The van der Waals surface area contributed by atoms with Gasteiger partial charge in [-0.1, -0.05) is 18.2 Å². The first-order valence-corrected chi connectivity index (χ1v) is 8.96. The number of anilines is 2. The third-order valence-electron chi connectivity index (χ3n) is 3.76. The fraction of sp³-hybridized carbons (Fsp3) is 0.235. The fourth-order valence-electron chi connectivity index (χ4n) is 2.11. The molecule has 122 valence electrons. The Balaban J connectivity index is 2.33. The van der Waals surface area contributed by atoms with Crippen LogP contribution in [0.4, 0.5) is 11.4 Å². The van der Waals surface area contributed by atoms with E-state index < -0.39 is 10.0 Å². The van der Waals surface area contributed by atoms with Gasteiger partial charge in [-0.2, -0.15) is 0 Å². The molecule has 23 heavy (non-hydrogen) atoms. The molecule has 0 aliphatic heterocycles. The highest BCUT2D eigenvalue weighted by Gasteiger charge is 2.17. The van der Waals surface area contributed by atoms with E-state index in [1.54, 1.807) is 30.3 Å². The Kier molecular flexibility index (Phi) is 4.75. The summed E-state index contributed by atoms with van der Waals surface area (Å²) < 4.78 is 24.6. The second kappa shape index (κ2) is 6.42. The minimum atomic E-state index is -3.41. The molecule has 2 aromatic rings. The highest BCUT2D eigenvalue weighted by atomic mass is 32.2. The molecule has 0 heterocycles. The van der Waals surface area contributed by atoms with Crippen LogP contribution >= 0.6 is 0 Å². The Labute approximate surface area is 137 Å². The zero-order valence-electron chi connectivity index (χ0n) is 13.6. The molecule has 5 nitrogen and oxygen atoms in total. The van der Waals surface area contributed by atoms with E-state index in [0.29, 0.717) is 16.9 Å². The predicted octanol–water partition coefficient (Wildman–Crippen LogP) is 2.95. The minimum Gasteiger partial charge on any atom is -0.320 e. The summed E-state index contributed by atoms with van der Waals surface area (Å²) >= 11 is 0. The normalized spacial score (nSPS) is 11.1. The van der Waals surface area contributed by atoms with E-state index in [2.05, 4.69) is 5.32 Å². The van der Waals surface area contributed by atoms with Gasteiger partial charge in [0.15, 0.2) is 0 Å². The molecule has 0 aromatic heterocycles. The van der Waals surface area contributed by atoms with Crippen molar-refractivity contribution in [3.8, 4) is 0 Å². The second-order valence-corrected chi connectivity index (χ2v) is 7.51. The molecule has 0 bridgehead atoms. The third-order valence-corrected chi connectivity index (χ3v) is 4.95. The minimum absolute atomic E-state index is 0.276. The Morgan fingerprint density at radius 2 is 1.70 bits per heavy atom. The quantitative estimate of drug-likeness (QED) is 0.936. The summed E-state index contributed by atoms with van der Waals surface area (Å²) in [7, 11) is -1.95. The number of hydrogen-bond acceptors (Lipinski definition) is 3. The smallest absolute Gasteiger partial charge is 0.255 e. The summed E-state index contributed by atoms with van der Waals surface area (Å²) in [6, 6.07) is 12.2. The number of nitrogens with zero attached hydrogens (tertiary/aromatic N) is 1. The molecule has 0 atom stereocenters. The van der Waals surface area contributed by atoms with Crippen LogP contribution in [0.2, 0.25) is 0 Å². The predicted molar refractivity (Wildman–Crippen MR) is 93.6 cm³/mol. The van der Waals surface area contributed by atoms with Gasteiger partial charge in [0.1, 0.15) is 0 Å². The van der Waals surface area contributed by atoms with Crippen LogP contribution < -0.4 is 9.62 Å². The van der Waals surface area contributed by atoms with Gasteiger partial charge >= 0.3 is 0 Å². The van der Waals surface area contributed by atoms with Crippen LogP contribution in [0.1, 0.15) is 21.5 Å². The number of carbonyl (C=O) groups excluding carboxylic acids is 1. The van der Waals surface area contributed by atoms with Crippen molar-refractivity contribution in [1.29, 1.82) is 0 Å². The lowest BCUT2D eigenvalue weighted by molar-refractivity contribution is 0.102. The third kappa shape index (κ3) is 3.90. The van der Waals surface area contributed by atoms with E-state index in [4.69, 9.17) is 0 Å². The highest BCUT2D eigenvalue weighted by Crippen LogP contribution is 2.26. The average molecular weight is 332 g/mol. The van der Waals surface area contributed by atoms with Crippen molar-refractivity contribution in [2.45, 2.75) is 13.8 Å². The lowest BCUT2D eigenvalue weighted by Gasteiger charge is -2.20. The monoisotopic (exact) mass is 332 g/mol. The largest absolute Gasteiger partial charge is 0.320 e. The summed E-state index contributed by atoms with van der Waals surface area (Å²) in [5.41, 5.74) is 3.54. The van der Waals surface area contributed by atoms with Gasteiger partial charge in [0, 0.05) is 12.6 Å². The van der Waals surface area contributed by atoms with E-state index in [1.807, 2.05) is 26.0 Å². The first-order valence-electron chi connectivity index (χ1n) is 7.11. The fourth-order valence-corrected chi connectivity index (χ4v) is 2.63. The number of rotatable bonds is 4. The number of benzene rings is 2. The Hall–Kier alpha value is -2.34. The molecule has 6 heteroatoms. The molecule has 0 spiro atoms. The number of aryl methyl sites for hydroxylation is 2. The summed E-state index contributed by atoms with van der Waals surface area (Å²) in [6.45, 7) is 3.92. The van der Waals surface area contributed by atoms with E-state index in [9.17, 15) is 13.2 Å². The first kappa shape index (κ1) is 17.0. The topological polar surface area (TPSA) is 66.5 Å². The average Bonchev–Trinajstić information content (AvgIpc) is 2.49. The van der Waals surface area contributed by atoms with Crippen molar-refractivity contribution in [3.05, 3.63) is 59.2 Å². The molecule has 1 amide bonds. The molecule has 0 saturated carbocycles. The van der Waals surface area contributed by atoms with Crippen LogP contribution in [-0.4, -0.2) is 27.6 Å². The van der Waals surface area contributed by atoms with Crippen molar-refractivity contribution in [1.82, 2.24) is 0 Å². The number of amides is 1. The number of hydrogen-bond donors (Lipinski definition) is 1. The molecule has 0 aliphatic carbocycles. The van der Waals surface area contributed by atoms with Crippen LogP contribution in [-0.2, 0) is 10.0 Å². The molecule has 0 saturated heterocycles. The van der Waals surface area contributed by atoms with Crippen LogP contribution in [0.5, 0.6) is 0 Å². The molecule has 0 unspecified atom stereocenters. The summed E-state index contributed by atoms with van der Waals surface area (Å²) in [5.74, 6) is -0.276. The van der Waals surface area contributed by atoms with Crippen molar-refractivity contribution in [3.63, 3.8) is 0 Å². The van der Waals surface area contributed by atoms with Crippen LogP contribution in [0, 0.1) is 13.8 Å². The Morgan fingerprint density at radius 3 is 2.30 bits per heavy atom. The standard InChI is InChI=1S/C17H20N2O3S/c1-12-9-10-14(11-13(12)2)17(20)18-15-7-5-6-8-16(15)19(3)23(4,21)22/h5-11H,1-4H3,(H,18,20). The van der Waals surface area contributed by atoms with Crippen LogP contribution in [0.3, 0.4) is 0 Å². The molecule has 0 radical (unpaired) electrons. The Bertz CT molecular complexity index is 845.